The lowest BCUT2D eigenvalue weighted by atomic mass is 10.1. The van der Waals surface area contributed by atoms with Gasteiger partial charge in [0.25, 0.3) is 0 Å². The summed E-state index contributed by atoms with van der Waals surface area (Å²) in [5.74, 6) is -0.881. The first-order valence-electron chi connectivity index (χ1n) is 4.28. The van der Waals surface area contributed by atoms with Gasteiger partial charge in [0.15, 0.2) is 0 Å². The largest absolute Gasteiger partial charge is 0.498 e. The lowest BCUT2D eigenvalue weighted by molar-refractivity contribution is -0.132. The van der Waals surface area contributed by atoms with Gasteiger partial charge in [0.1, 0.15) is 6.10 Å². The van der Waals surface area contributed by atoms with Crippen LogP contribution in [-0.2, 0) is 9.53 Å². The van der Waals surface area contributed by atoms with Crippen LogP contribution in [0.2, 0.25) is 0 Å². The van der Waals surface area contributed by atoms with Gasteiger partial charge in [-0.25, -0.2) is 4.79 Å². The summed E-state index contributed by atoms with van der Waals surface area (Å²) in [5, 5.41) is 8.57. The number of rotatable bonds is 6. The summed E-state index contributed by atoms with van der Waals surface area (Å²) in [5.41, 5.74) is 0.353. The van der Waals surface area contributed by atoms with E-state index in [-0.39, 0.29) is 6.10 Å². The maximum absolute atomic E-state index is 10.4. The number of aliphatic carboxylic acids is 1. The van der Waals surface area contributed by atoms with Crippen LogP contribution in [0.5, 0.6) is 0 Å². The lowest BCUT2D eigenvalue weighted by Gasteiger charge is -2.11. The number of hydrogen-bond donors (Lipinski definition) is 1. The zero-order valence-electron chi connectivity index (χ0n) is 8.12. The summed E-state index contributed by atoms with van der Waals surface area (Å²) >= 11 is 0. The molecule has 3 nitrogen and oxygen atoms in total. The molecule has 0 saturated heterocycles. The van der Waals surface area contributed by atoms with E-state index < -0.39 is 5.97 Å². The van der Waals surface area contributed by atoms with Gasteiger partial charge in [-0.2, -0.15) is 0 Å². The number of hydrogen-bond acceptors (Lipinski definition) is 2. The molecule has 0 aliphatic rings. The molecule has 0 aliphatic heterocycles. The topological polar surface area (TPSA) is 46.5 Å². The van der Waals surface area contributed by atoms with Crippen molar-refractivity contribution in [1.29, 1.82) is 0 Å². The monoisotopic (exact) mass is 184 g/mol. The molecule has 1 atom stereocenters. The maximum atomic E-state index is 10.4. The van der Waals surface area contributed by atoms with Gasteiger partial charge in [-0.1, -0.05) is 19.6 Å². The summed E-state index contributed by atoms with van der Waals surface area (Å²) in [7, 11) is 0. The van der Waals surface area contributed by atoms with Crippen LogP contribution in [0.1, 0.15) is 26.7 Å². The van der Waals surface area contributed by atoms with E-state index in [4.69, 9.17) is 9.84 Å². The Morgan fingerprint density at radius 1 is 1.69 bits per heavy atom. The fourth-order valence-electron chi connectivity index (χ4n) is 0.850. The molecule has 0 rings (SSSR count). The molecular formula is C10H16O3. The highest BCUT2D eigenvalue weighted by Gasteiger charge is 2.05. The van der Waals surface area contributed by atoms with Crippen molar-refractivity contribution < 1.29 is 14.6 Å². The SMILES string of the molecule is C=COC(CC)CC=C(C)C(=O)O. The molecule has 0 fully saturated rings. The molecule has 0 aromatic heterocycles. The van der Waals surface area contributed by atoms with E-state index in [1.54, 1.807) is 13.0 Å². The molecule has 0 saturated carbocycles. The van der Waals surface area contributed by atoms with E-state index in [0.717, 1.165) is 6.42 Å². The van der Waals surface area contributed by atoms with Crippen molar-refractivity contribution in [3.05, 3.63) is 24.5 Å². The summed E-state index contributed by atoms with van der Waals surface area (Å²) in [6.45, 7) is 7.01. The van der Waals surface area contributed by atoms with Crippen LogP contribution in [0, 0.1) is 0 Å². The van der Waals surface area contributed by atoms with E-state index in [1.807, 2.05) is 6.92 Å². The summed E-state index contributed by atoms with van der Waals surface area (Å²) < 4.78 is 5.15. The van der Waals surface area contributed by atoms with E-state index in [0.29, 0.717) is 12.0 Å². The van der Waals surface area contributed by atoms with Crippen molar-refractivity contribution in [3.63, 3.8) is 0 Å². The van der Waals surface area contributed by atoms with Gasteiger partial charge in [0, 0.05) is 12.0 Å². The van der Waals surface area contributed by atoms with Crippen LogP contribution < -0.4 is 0 Å². The molecule has 1 N–H and O–H groups in total. The third-order valence-corrected chi connectivity index (χ3v) is 1.77. The molecule has 74 valence electrons. The van der Waals surface area contributed by atoms with E-state index in [9.17, 15) is 4.79 Å². The smallest absolute Gasteiger partial charge is 0.330 e. The highest BCUT2D eigenvalue weighted by Crippen LogP contribution is 2.07. The third-order valence-electron chi connectivity index (χ3n) is 1.77. The number of ether oxygens (including phenoxy) is 1. The van der Waals surface area contributed by atoms with Crippen molar-refractivity contribution in [1.82, 2.24) is 0 Å². The minimum Gasteiger partial charge on any atom is -0.498 e. The zero-order valence-corrected chi connectivity index (χ0v) is 8.12. The molecule has 0 heterocycles. The molecule has 0 spiro atoms. The van der Waals surface area contributed by atoms with Crippen LogP contribution in [0.15, 0.2) is 24.5 Å². The normalized spacial score (nSPS) is 13.5. The minimum absolute atomic E-state index is 0.0341. The van der Waals surface area contributed by atoms with Crippen molar-refractivity contribution in [2.45, 2.75) is 32.8 Å². The molecular weight excluding hydrogens is 168 g/mol. The fourth-order valence-corrected chi connectivity index (χ4v) is 0.850. The van der Waals surface area contributed by atoms with Crippen molar-refractivity contribution in [2.75, 3.05) is 0 Å². The van der Waals surface area contributed by atoms with Crippen LogP contribution in [0.25, 0.3) is 0 Å². The van der Waals surface area contributed by atoms with Gasteiger partial charge in [0.05, 0.1) is 6.26 Å². The summed E-state index contributed by atoms with van der Waals surface area (Å²) in [6.07, 6.45) is 4.54. The first kappa shape index (κ1) is 11.8. The molecule has 1 unspecified atom stereocenters. The second-order valence-corrected chi connectivity index (χ2v) is 2.76. The van der Waals surface area contributed by atoms with Gasteiger partial charge in [-0.3, -0.25) is 0 Å². The molecule has 0 aliphatic carbocycles. The van der Waals surface area contributed by atoms with Gasteiger partial charge in [-0.15, -0.1) is 0 Å². The van der Waals surface area contributed by atoms with Crippen molar-refractivity contribution >= 4 is 5.97 Å². The minimum atomic E-state index is -0.881. The Bertz CT molecular complexity index is 206. The van der Waals surface area contributed by atoms with Crippen LogP contribution in [0.3, 0.4) is 0 Å². The number of carboxylic acids is 1. The fraction of sp³-hybridized carbons (Fsp3) is 0.500. The first-order chi connectivity index (χ1) is 6.11. The Balaban J connectivity index is 4.02. The quantitative estimate of drug-likeness (QED) is 0.509. The van der Waals surface area contributed by atoms with Gasteiger partial charge >= 0.3 is 5.97 Å². The Morgan fingerprint density at radius 2 is 2.31 bits per heavy atom. The molecule has 0 aromatic rings. The van der Waals surface area contributed by atoms with Gasteiger partial charge in [-0.05, 0) is 13.3 Å². The van der Waals surface area contributed by atoms with Gasteiger partial charge < -0.3 is 9.84 Å². The maximum Gasteiger partial charge on any atom is 0.330 e. The number of carboxylic acid groups (broad SMARTS) is 1. The number of carbonyl (C=O) groups is 1. The van der Waals surface area contributed by atoms with E-state index in [1.165, 1.54) is 6.26 Å². The Labute approximate surface area is 78.7 Å². The second-order valence-electron chi connectivity index (χ2n) is 2.76. The Hall–Kier alpha value is -1.25. The van der Waals surface area contributed by atoms with Gasteiger partial charge in [0.2, 0.25) is 0 Å². The highest BCUT2D eigenvalue weighted by atomic mass is 16.5. The first-order valence-corrected chi connectivity index (χ1v) is 4.28. The van der Waals surface area contributed by atoms with Crippen LogP contribution in [0.4, 0.5) is 0 Å². The average Bonchev–Trinajstić information content (AvgIpc) is 2.11. The average molecular weight is 184 g/mol. The zero-order chi connectivity index (χ0) is 10.3. The molecule has 0 bridgehead atoms. The molecule has 3 heteroatoms. The predicted octanol–water partition coefficient (Wildman–Crippen LogP) is 2.35. The summed E-state index contributed by atoms with van der Waals surface area (Å²) in [4.78, 5) is 10.4. The Morgan fingerprint density at radius 3 is 2.69 bits per heavy atom. The van der Waals surface area contributed by atoms with Crippen LogP contribution >= 0.6 is 0 Å². The Kier molecular flexibility index (Phi) is 5.68. The lowest BCUT2D eigenvalue weighted by Crippen LogP contribution is -2.07. The second kappa shape index (κ2) is 6.29. The standard InChI is InChI=1S/C10H16O3/c1-4-9(13-5-2)7-6-8(3)10(11)12/h5-6,9H,2,4,7H2,1,3H3,(H,11,12). The highest BCUT2D eigenvalue weighted by molar-refractivity contribution is 5.85. The molecule has 0 amide bonds. The third kappa shape index (κ3) is 5.06. The molecule has 13 heavy (non-hydrogen) atoms. The molecule has 0 radical (unpaired) electrons. The van der Waals surface area contributed by atoms with E-state index >= 15 is 0 Å². The van der Waals surface area contributed by atoms with Crippen molar-refractivity contribution in [3.8, 4) is 0 Å². The van der Waals surface area contributed by atoms with Crippen molar-refractivity contribution in [2.24, 2.45) is 0 Å². The molecule has 0 aromatic carbocycles. The van der Waals surface area contributed by atoms with Crippen LogP contribution in [-0.4, -0.2) is 17.2 Å². The predicted molar refractivity (Wildman–Crippen MR) is 51.4 cm³/mol. The summed E-state index contributed by atoms with van der Waals surface area (Å²) in [6, 6.07) is 0. The van der Waals surface area contributed by atoms with E-state index in [2.05, 4.69) is 6.58 Å².